The molecule has 3 rings (SSSR count). The van der Waals surface area contributed by atoms with E-state index in [-0.39, 0.29) is 29.7 Å². The van der Waals surface area contributed by atoms with Gasteiger partial charge in [-0.25, -0.2) is 0 Å². The van der Waals surface area contributed by atoms with Crippen molar-refractivity contribution in [1.29, 1.82) is 0 Å². The molecule has 1 amide bonds. The lowest BCUT2D eigenvalue weighted by atomic mass is 9.78. The molecule has 0 unspecified atom stereocenters. The van der Waals surface area contributed by atoms with Gasteiger partial charge < -0.3 is 10.4 Å². The second kappa shape index (κ2) is 5.75. The van der Waals surface area contributed by atoms with Crippen LogP contribution < -0.4 is 5.32 Å². The largest absolute Gasteiger partial charge is 0.481 e. The van der Waals surface area contributed by atoms with Gasteiger partial charge in [-0.05, 0) is 50.5 Å². The molecule has 0 saturated heterocycles. The molecule has 5 atom stereocenters. The van der Waals surface area contributed by atoms with E-state index in [0.29, 0.717) is 0 Å². The van der Waals surface area contributed by atoms with Gasteiger partial charge in [0, 0.05) is 0 Å². The molecule has 4 heteroatoms. The van der Waals surface area contributed by atoms with Crippen LogP contribution in [-0.2, 0) is 9.59 Å². The first-order valence-corrected chi connectivity index (χ1v) is 8.07. The Morgan fingerprint density at radius 2 is 1.73 bits per heavy atom. The quantitative estimate of drug-likeness (QED) is 0.898. The molecule has 2 N–H and O–H groups in total. The van der Waals surface area contributed by atoms with Gasteiger partial charge in [-0.2, -0.15) is 0 Å². The van der Waals surface area contributed by atoms with Crippen LogP contribution in [0.25, 0.3) is 0 Å². The number of carboxylic acid groups (broad SMARTS) is 1. The van der Waals surface area contributed by atoms with Gasteiger partial charge in [0.1, 0.15) is 0 Å². The van der Waals surface area contributed by atoms with Gasteiger partial charge in [-0.3, -0.25) is 9.59 Å². The second-order valence-corrected chi connectivity index (χ2v) is 6.86. The SMILES string of the molecule is Cc1ccc([C@@H](C)NC(=O)[C@@H]2[C@@H]3CC[C@@H](C3)[C@@H]2C(=O)O)cc1. The highest BCUT2D eigenvalue weighted by Gasteiger charge is 2.54. The van der Waals surface area contributed by atoms with Crippen LogP contribution in [0.15, 0.2) is 24.3 Å². The molecule has 2 bridgehead atoms. The Hall–Kier alpha value is -1.84. The molecule has 4 nitrogen and oxygen atoms in total. The third-order valence-corrected chi connectivity index (χ3v) is 5.44. The Morgan fingerprint density at radius 1 is 1.14 bits per heavy atom. The van der Waals surface area contributed by atoms with Gasteiger partial charge in [-0.15, -0.1) is 0 Å². The highest BCUT2D eigenvalue weighted by Crippen LogP contribution is 2.52. The van der Waals surface area contributed by atoms with Crippen molar-refractivity contribution < 1.29 is 14.7 Å². The summed E-state index contributed by atoms with van der Waals surface area (Å²) in [5.41, 5.74) is 2.23. The average Bonchev–Trinajstić information content (AvgIpc) is 3.08. The van der Waals surface area contributed by atoms with Gasteiger partial charge in [-0.1, -0.05) is 29.8 Å². The van der Waals surface area contributed by atoms with Crippen molar-refractivity contribution in [2.75, 3.05) is 0 Å². The predicted octanol–water partition coefficient (Wildman–Crippen LogP) is 2.92. The summed E-state index contributed by atoms with van der Waals surface area (Å²) in [6.07, 6.45) is 2.85. The Balaban J connectivity index is 1.71. The number of carboxylic acids is 1. The van der Waals surface area contributed by atoms with Crippen LogP contribution in [0.5, 0.6) is 0 Å². The summed E-state index contributed by atoms with van der Waals surface area (Å²) in [5, 5.41) is 12.5. The number of carbonyl (C=O) groups excluding carboxylic acids is 1. The van der Waals surface area contributed by atoms with Gasteiger partial charge in [0.15, 0.2) is 0 Å². The minimum absolute atomic E-state index is 0.0901. The fraction of sp³-hybridized carbons (Fsp3) is 0.556. The van der Waals surface area contributed by atoms with Crippen LogP contribution in [0.4, 0.5) is 0 Å². The summed E-state index contributed by atoms with van der Waals surface area (Å²) in [6, 6.07) is 7.97. The van der Waals surface area contributed by atoms with Crippen molar-refractivity contribution in [3.8, 4) is 0 Å². The lowest BCUT2D eigenvalue weighted by Crippen LogP contribution is -2.42. The van der Waals surface area contributed by atoms with E-state index in [1.807, 2.05) is 38.1 Å². The highest BCUT2D eigenvalue weighted by molar-refractivity contribution is 5.86. The van der Waals surface area contributed by atoms with Crippen molar-refractivity contribution in [3.05, 3.63) is 35.4 Å². The normalized spacial score (nSPS) is 31.0. The summed E-state index contributed by atoms with van der Waals surface area (Å²) in [7, 11) is 0. The van der Waals surface area contributed by atoms with Crippen LogP contribution in [0.2, 0.25) is 0 Å². The minimum atomic E-state index is -0.810. The smallest absolute Gasteiger partial charge is 0.307 e. The predicted molar refractivity (Wildman–Crippen MR) is 83.2 cm³/mol. The molecule has 0 radical (unpaired) electrons. The fourth-order valence-corrected chi connectivity index (χ4v) is 4.27. The summed E-state index contributed by atoms with van der Waals surface area (Å²) in [5.74, 6) is -1.32. The van der Waals surface area contributed by atoms with Crippen molar-refractivity contribution in [2.24, 2.45) is 23.7 Å². The number of hydrogen-bond donors (Lipinski definition) is 2. The Labute approximate surface area is 130 Å². The van der Waals surface area contributed by atoms with Gasteiger partial charge in [0.2, 0.25) is 5.91 Å². The van der Waals surface area contributed by atoms with E-state index in [0.717, 1.165) is 24.8 Å². The van der Waals surface area contributed by atoms with E-state index >= 15 is 0 Å². The van der Waals surface area contributed by atoms with E-state index < -0.39 is 11.9 Å². The van der Waals surface area contributed by atoms with Crippen molar-refractivity contribution >= 4 is 11.9 Å². The molecule has 0 heterocycles. The number of hydrogen-bond acceptors (Lipinski definition) is 2. The lowest BCUT2D eigenvalue weighted by molar-refractivity contribution is -0.149. The third-order valence-electron chi connectivity index (χ3n) is 5.44. The van der Waals surface area contributed by atoms with Crippen LogP contribution in [0.3, 0.4) is 0 Å². The molecule has 2 aliphatic carbocycles. The second-order valence-electron chi connectivity index (χ2n) is 6.86. The minimum Gasteiger partial charge on any atom is -0.481 e. The summed E-state index contributed by atoms with van der Waals surface area (Å²) in [6.45, 7) is 3.98. The standard InChI is InChI=1S/C18H23NO3/c1-10-3-5-12(6-4-10)11(2)19-17(20)15-13-7-8-14(9-13)16(15)18(21)22/h3-6,11,13-16H,7-9H2,1-2H3,(H,19,20)(H,21,22)/t11-,13-,14+,15-,16+/m1/s1. The molecule has 22 heavy (non-hydrogen) atoms. The summed E-state index contributed by atoms with van der Waals surface area (Å²) >= 11 is 0. The molecule has 0 aromatic heterocycles. The van der Waals surface area contributed by atoms with E-state index in [1.165, 1.54) is 5.56 Å². The van der Waals surface area contributed by atoms with Crippen molar-refractivity contribution in [3.63, 3.8) is 0 Å². The number of aryl methyl sites for hydroxylation is 1. The molecule has 1 aromatic rings. The topological polar surface area (TPSA) is 66.4 Å². The van der Waals surface area contributed by atoms with E-state index in [2.05, 4.69) is 5.32 Å². The number of carbonyl (C=O) groups is 2. The zero-order valence-electron chi connectivity index (χ0n) is 13.1. The van der Waals surface area contributed by atoms with Gasteiger partial charge in [0.25, 0.3) is 0 Å². The molecule has 0 spiro atoms. The number of aliphatic carboxylic acids is 1. The fourth-order valence-electron chi connectivity index (χ4n) is 4.27. The maximum atomic E-state index is 12.6. The van der Waals surface area contributed by atoms with Crippen LogP contribution in [0, 0.1) is 30.6 Å². The zero-order valence-corrected chi connectivity index (χ0v) is 13.1. The highest BCUT2D eigenvalue weighted by atomic mass is 16.4. The van der Waals surface area contributed by atoms with Crippen LogP contribution in [-0.4, -0.2) is 17.0 Å². The molecule has 118 valence electrons. The first-order valence-electron chi connectivity index (χ1n) is 8.07. The third kappa shape index (κ3) is 2.62. The van der Waals surface area contributed by atoms with Crippen LogP contribution in [0.1, 0.15) is 43.4 Å². The number of nitrogens with one attached hydrogen (secondary N) is 1. The first kappa shape index (κ1) is 15.1. The summed E-state index contributed by atoms with van der Waals surface area (Å²) in [4.78, 5) is 24.1. The molecular weight excluding hydrogens is 278 g/mol. The monoisotopic (exact) mass is 301 g/mol. The van der Waals surface area contributed by atoms with E-state index in [1.54, 1.807) is 0 Å². The molecule has 2 fully saturated rings. The van der Waals surface area contributed by atoms with Gasteiger partial charge in [0.05, 0.1) is 17.9 Å². The van der Waals surface area contributed by atoms with Crippen molar-refractivity contribution in [2.45, 2.75) is 39.2 Å². The van der Waals surface area contributed by atoms with Crippen molar-refractivity contribution in [1.82, 2.24) is 5.32 Å². The molecule has 1 aromatic carbocycles. The lowest BCUT2D eigenvalue weighted by Gasteiger charge is -2.28. The molecular formula is C18H23NO3. The summed E-state index contributed by atoms with van der Waals surface area (Å²) < 4.78 is 0. The average molecular weight is 301 g/mol. The Kier molecular flexibility index (Phi) is 3.94. The maximum Gasteiger partial charge on any atom is 0.307 e. The number of benzene rings is 1. The Bertz CT molecular complexity index is 580. The van der Waals surface area contributed by atoms with E-state index in [9.17, 15) is 14.7 Å². The Morgan fingerprint density at radius 3 is 2.32 bits per heavy atom. The van der Waals surface area contributed by atoms with E-state index in [4.69, 9.17) is 0 Å². The van der Waals surface area contributed by atoms with Gasteiger partial charge >= 0.3 is 5.97 Å². The molecule has 0 aliphatic heterocycles. The number of fused-ring (bicyclic) bond motifs is 2. The maximum absolute atomic E-state index is 12.6. The van der Waals surface area contributed by atoms with Crippen LogP contribution >= 0.6 is 0 Å². The number of rotatable bonds is 4. The zero-order chi connectivity index (χ0) is 15.9. The number of amides is 1. The molecule has 2 aliphatic rings. The molecule has 2 saturated carbocycles. The first-order chi connectivity index (χ1) is 10.5.